The van der Waals surface area contributed by atoms with Crippen LogP contribution >= 0.6 is 0 Å². The van der Waals surface area contributed by atoms with Crippen molar-refractivity contribution >= 4 is 21.6 Å². The van der Waals surface area contributed by atoms with Crippen LogP contribution in [0.1, 0.15) is 42.2 Å². The minimum atomic E-state index is -3.82. The molecule has 1 aromatic heterocycles. The monoisotopic (exact) mass is 423 g/mol. The quantitative estimate of drug-likeness (QED) is 0.726. The van der Waals surface area contributed by atoms with Crippen LogP contribution < -0.4 is 10.0 Å². The fourth-order valence-corrected chi connectivity index (χ4v) is 4.96. The molecule has 6 nitrogen and oxygen atoms in total. The fourth-order valence-electron chi connectivity index (χ4n) is 3.39. The van der Waals surface area contributed by atoms with Gasteiger partial charge in [-0.15, -0.1) is 0 Å². The number of allylic oxidation sites excluding steroid dienone is 2. The van der Waals surface area contributed by atoms with Crippen molar-refractivity contribution in [1.29, 1.82) is 0 Å². The summed E-state index contributed by atoms with van der Waals surface area (Å²) in [4.78, 5) is 12.9. The summed E-state index contributed by atoms with van der Waals surface area (Å²) in [6, 6.07) is 2.79. The molecule has 0 aliphatic carbocycles. The summed E-state index contributed by atoms with van der Waals surface area (Å²) in [6.07, 6.45) is 7.83. The molecule has 9 heteroatoms. The zero-order valence-electron chi connectivity index (χ0n) is 16.2. The van der Waals surface area contributed by atoms with E-state index in [0.717, 1.165) is 25.0 Å². The van der Waals surface area contributed by atoms with Crippen LogP contribution in [0.3, 0.4) is 0 Å². The number of aromatic nitrogens is 1. The standard InChI is InChI=1S/C20H23F2N3O3S/c1-13-7-5-3-4-6-8-15-18(29(27,28)24-13)12-25(2)19(15)20(26)23-14-9-10-16(21)17(22)11-14/h4,6,9-13,24H,3,5,7-8H2,1-2H3,(H,23,26)/b6-4+. The molecule has 1 unspecified atom stereocenters. The van der Waals surface area contributed by atoms with Crippen molar-refractivity contribution in [2.45, 2.75) is 43.5 Å². The largest absolute Gasteiger partial charge is 0.345 e. The second-order valence-electron chi connectivity index (χ2n) is 7.14. The summed E-state index contributed by atoms with van der Waals surface area (Å²) < 4.78 is 56.5. The third-order valence-corrected chi connectivity index (χ3v) is 6.43. The Morgan fingerprint density at radius 2 is 2.00 bits per heavy atom. The van der Waals surface area contributed by atoms with Crippen LogP contribution in [-0.2, 0) is 23.5 Å². The van der Waals surface area contributed by atoms with Gasteiger partial charge in [0.2, 0.25) is 10.0 Å². The van der Waals surface area contributed by atoms with Gasteiger partial charge < -0.3 is 9.88 Å². The molecule has 156 valence electrons. The van der Waals surface area contributed by atoms with Crippen LogP contribution in [0.5, 0.6) is 0 Å². The first-order valence-corrected chi connectivity index (χ1v) is 10.8. The third kappa shape index (κ3) is 4.73. The minimum Gasteiger partial charge on any atom is -0.345 e. The Kier molecular flexibility index (Phi) is 6.18. The Balaban J connectivity index is 2.02. The predicted molar refractivity (Wildman–Crippen MR) is 106 cm³/mol. The van der Waals surface area contributed by atoms with E-state index < -0.39 is 27.6 Å². The lowest BCUT2D eigenvalue weighted by molar-refractivity contribution is 0.101. The molecule has 2 aromatic rings. The van der Waals surface area contributed by atoms with E-state index >= 15 is 0 Å². The summed E-state index contributed by atoms with van der Waals surface area (Å²) in [5.41, 5.74) is 0.572. The van der Waals surface area contributed by atoms with Crippen LogP contribution in [0.25, 0.3) is 0 Å². The van der Waals surface area contributed by atoms with Crippen molar-refractivity contribution in [2.24, 2.45) is 7.05 Å². The summed E-state index contributed by atoms with van der Waals surface area (Å²) in [5, 5.41) is 2.51. The van der Waals surface area contributed by atoms with Gasteiger partial charge in [-0.3, -0.25) is 4.79 Å². The number of anilines is 1. The lowest BCUT2D eigenvalue weighted by Gasteiger charge is -2.13. The van der Waals surface area contributed by atoms with Gasteiger partial charge in [0, 0.05) is 36.6 Å². The second-order valence-corrected chi connectivity index (χ2v) is 8.83. The zero-order valence-corrected chi connectivity index (χ0v) is 17.0. The SMILES string of the molecule is CC1CCC/C=C/Cc2c(cn(C)c2C(=O)Nc2ccc(F)c(F)c2)S(=O)(=O)N1. The Labute approximate surface area is 168 Å². The average Bonchev–Trinajstić information content (AvgIpc) is 2.96. The number of sulfonamides is 1. The number of halogens is 2. The Morgan fingerprint density at radius 3 is 2.72 bits per heavy atom. The van der Waals surface area contributed by atoms with Crippen LogP contribution in [0.2, 0.25) is 0 Å². The molecule has 29 heavy (non-hydrogen) atoms. The zero-order chi connectivity index (χ0) is 21.2. The predicted octanol–water partition coefficient (Wildman–Crippen LogP) is 3.51. The molecule has 0 saturated carbocycles. The molecule has 1 aliphatic heterocycles. The van der Waals surface area contributed by atoms with Gasteiger partial charge in [0.15, 0.2) is 11.6 Å². The number of aryl methyl sites for hydroxylation is 1. The first kappa shape index (κ1) is 21.2. The number of fused-ring (bicyclic) bond motifs is 1. The van der Waals surface area contributed by atoms with E-state index in [-0.39, 0.29) is 28.7 Å². The Hall–Kier alpha value is -2.52. The molecule has 2 N–H and O–H groups in total. The number of nitrogens with zero attached hydrogens (tertiary/aromatic N) is 1. The summed E-state index contributed by atoms with van der Waals surface area (Å²) in [7, 11) is -2.25. The van der Waals surface area contributed by atoms with E-state index in [4.69, 9.17) is 0 Å². The summed E-state index contributed by atoms with van der Waals surface area (Å²) in [5.74, 6) is -2.71. The highest BCUT2D eigenvalue weighted by atomic mass is 32.2. The average molecular weight is 423 g/mol. The molecule has 1 aliphatic rings. The van der Waals surface area contributed by atoms with E-state index in [1.54, 1.807) is 14.0 Å². The molecule has 0 fully saturated rings. The van der Waals surface area contributed by atoms with Crippen molar-refractivity contribution in [1.82, 2.24) is 9.29 Å². The van der Waals surface area contributed by atoms with Crippen molar-refractivity contribution < 1.29 is 22.0 Å². The van der Waals surface area contributed by atoms with Gasteiger partial charge in [0.05, 0.1) is 0 Å². The number of carbonyl (C=O) groups is 1. The third-order valence-electron chi connectivity index (χ3n) is 4.78. The van der Waals surface area contributed by atoms with Gasteiger partial charge in [0.1, 0.15) is 10.6 Å². The molecule has 1 atom stereocenters. The number of nitrogens with one attached hydrogen (secondary N) is 2. The summed E-state index contributed by atoms with van der Waals surface area (Å²) in [6.45, 7) is 1.80. The second kappa shape index (κ2) is 8.46. The van der Waals surface area contributed by atoms with Crippen molar-refractivity contribution in [2.75, 3.05) is 5.32 Å². The molecule has 0 radical (unpaired) electrons. The first-order valence-electron chi connectivity index (χ1n) is 9.31. The van der Waals surface area contributed by atoms with Crippen molar-refractivity contribution in [3.63, 3.8) is 0 Å². The maximum atomic E-state index is 13.5. The van der Waals surface area contributed by atoms with Crippen LogP contribution in [0, 0.1) is 11.6 Å². The van der Waals surface area contributed by atoms with E-state index in [9.17, 15) is 22.0 Å². The van der Waals surface area contributed by atoms with Crippen molar-refractivity contribution in [3.8, 4) is 0 Å². The topological polar surface area (TPSA) is 80.2 Å². The number of carbonyl (C=O) groups excluding carboxylic acids is 1. The van der Waals surface area contributed by atoms with Crippen LogP contribution in [-0.4, -0.2) is 24.9 Å². The lowest BCUT2D eigenvalue weighted by Crippen LogP contribution is -2.32. The Morgan fingerprint density at radius 1 is 1.24 bits per heavy atom. The van der Waals surface area contributed by atoms with Gasteiger partial charge in [-0.25, -0.2) is 21.9 Å². The molecule has 3 rings (SSSR count). The number of hydrogen-bond acceptors (Lipinski definition) is 3. The number of hydrogen-bond donors (Lipinski definition) is 2. The highest BCUT2D eigenvalue weighted by molar-refractivity contribution is 7.89. The summed E-state index contributed by atoms with van der Waals surface area (Å²) >= 11 is 0. The van der Waals surface area contributed by atoms with Crippen LogP contribution in [0.4, 0.5) is 14.5 Å². The smallest absolute Gasteiger partial charge is 0.272 e. The molecule has 2 heterocycles. The molecular formula is C20H23F2N3O3S. The Bertz CT molecular complexity index is 1060. The van der Waals surface area contributed by atoms with E-state index in [0.29, 0.717) is 12.0 Å². The van der Waals surface area contributed by atoms with Gasteiger partial charge in [-0.05, 0) is 44.7 Å². The van der Waals surface area contributed by atoms with E-state index in [1.807, 2.05) is 12.2 Å². The molecule has 0 bridgehead atoms. The maximum Gasteiger partial charge on any atom is 0.272 e. The normalized spacial score (nSPS) is 20.3. The maximum absolute atomic E-state index is 13.5. The lowest BCUT2D eigenvalue weighted by atomic mass is 10.1. The molecule has 0 saturated heterocycles. The molecule has 0 spiro atoms. The van der Waals surface area contributed by atoms with E-state index in [2.05, 4.69) is 10.0 Å². The van der Waals surface area contributed by atoms with Crippen molar-refractivity contribution in [3.05, 3.63) is 59.4 Å². The van der Waals surface area contributed by atoms with E-state index in [1.165, 1.54) is 16.8 Å². The number of benzene rings is 1. The minimum absolute atomic E-state index is 0.0360. The van der Waals surface area contributed by atoms with Gasteiger partial charge in [-0.2, -0.15) is 0 Å². The number of rotatable bonds is 2. The number of amides is 1. The first-order chi connectivity index (χ1) is 13.7. The molecule has 1 aromatic carbocycles. The van der Waals surface area contributed by atoms with Gasteiger partial charge in [0.25, 0.3) is 5.91 Å². The van der Waals surface area contributed by atoms with Gasteiger partial charge >= 0.3 is 0 Å². The molecular weight excluding hydrogens is 400 g/mol. The van der Waals surface area contributed by atoms with Gasteiger partial charge in [-0.1, -0.05) is 12.2 Å². The highest BCUT2D eigenvalue weighted by Crippen LogP contribution is 2.25. The molecule has 1 amide bonds. The van der Waals surface area contributed by atoms with Crippen LogP contribution in [0.15, 0.2) is 41.4 Å². The highest BCUT2D eigenvalue weighted by Gasteiger charge is 2.28. The fraction of sp³-hybridized carbons (Fsp3) is 0.350.